The van der Waals surface area contributed by atoms with Crippen molar-refractivity contribution in [3.63, 3.8) is 0 Å². The molecule has 0 aliphatic carbocycles. The summed E-state index contributed by atoms with van der Waals surface area (Å²) in [5, 5.41) is 20.3. The van der Waals surface area contributed by atoms with Crippen LogP contribution in [0.3, 0.4) is 0 Å². The molecule has 0 spiro atoms. The number of halogens is 3. The molecule has 0 saturated heterocycles. The number of aryl methyl sites for hydroxylation is 2. The molecule has 1 amide bonds. The number of rotatable bonds is 5. The molecule has 4 aromatic rings. The molecule has 4 rings (SSSR count). The SMILES string of the molecule is Cc1ncc(-c2cc(C)c3c(N)ncnn23)cc1C(=O)Nc1cnn(CC(C)(O)C(F)(F)F)c1. The molecule has 0 radical (unpaired) electrons. The Morgan fingerprint density at radius 3 is 2.62 bits per heavy atom. The molecule has 0 aliphatic rings. The number of aliphatic hydroxyl groups is 1. The fraction of sp³-hybridized carbons (Fsp3) is 0.286. The summed E-state index contributed by atoms with van der Waals surface area (Å²) in [6, 6.07) is 3.49. The molecule has 0 bridgehead atoms. The minimum absolute atomic E-state index is 0.164. The van der Waals surface area contributed by atoms with Gasteiger partial charge in [0.05, 0.1) is 35.4 Å². The van der Waals surface area contributed by atoms with Crippen molar-refractivity contribution in [3.8, 4) is 11.3 Å². The third kappa shape index (κ3) is 4.17. The van der Waals surface area contributed by atoms with Crippen LogP contribution in [0.25, 0.3) is 16.8 Å². The summed E-state index contributed by atoms with van der Waals surface area (Å²) >= 11 is 0. The molecule has 13 heteroatoms. The highest BCUT2D eigenvalue weighted by Crippen LogP contribution is 2.31. The van der Waals surface area contributed by atoms with E-state index in [9.17, 15) is 23.1 Å². The predicted octanol–water partition coefficient (Wildman–Crippen LogP) is 2.75. The topological polar surface area (TPSA) is 136 Å². The summed E-state index contributed by atoms with van der Waals surface area (Å²) in [4.78, 5) is 21.2. The van der Waals surface area contributed by atoms with Crippen molar-refractivity contribution in [1.29, 1.82) is 0 Å². The Labute approximate surface area is 191 Å². The standard InChI is InChI=1S/C21H21F3N8O2/c1-11-4-16(32-17(11)18(25)27-10-29-32)13-5-15(12(2)26-6-13)19(33)30-14-7-28-31(8-14)9-20(3,34)21(22,23)24/h4-8,10,34H,9H2,1-3H3,(H,30,33)(H2,25,27,29). The van der Waals surface area contributed by atoms with Gasteiger partial charge in [0.25, 0.3) is 5.91 Å². The largest absolute Gasteiger partial charge is 0.418 e. The number of amides is 1. The van der Waals surface area contributed by atoms with Gasteiger partial charge in [-0.1, -0.05) is 0 Å². The van der Waals surface area contributed by atoms with Crippen LogP contribution >= 0.6 is 0 Å². The first-order chi connectivity index (χ1) is 15.9. The van der Waals surface area contributed by atoms with Crippen LogP contribution in [0.5, 0.6) is 0 Å². The third-order valence-electron chi connectivity index (χ3n) is 5.37. The van der Waals surface area contributed by atoms with Gasteiger partial charge in [0.15, 0.2) is 11.4 Å². The molecule has 10 nitrogen and oxygen atoms in total. The van der Waals surface area contributed by atoms with Gasteiger partial charge in [-0.25, -0.2) is 9.50 Å². The summed E-state index contributed by atoms with van der Waals surface area (Å²) in [5.74, 6) is -0.209. The fourth-order valence-corrected chi connectivity index (χ4v) is 3.48. The van der Waals surface area contributed by atoms with Crippen molar-refractivity contribution >= 4 is 22.9 Å². The molecule has 0 aromatic carbocycles. The monoisotopic (exact) mass is 474 g/mol. The number of anilines is 2. The van der Waals surface area contributed by atoms with E-state index in [0.717, 1.165) is 10.2 Å². The zero-order valence-corrected chi connectivity index (χ0v) is 18.4. The molecular weight excluding hydrogens is 453 g/mol. The maximum absolute atomic E-state index is 12.9. The van der Waals surface area contributed by atoms with Crippen molar-refractivity contribution in [2.24, 2.45) is 0 Å². The van der Waals surface area contributed by atoms with E-state index in [1.807, 2.05) is 13.0 Å². The van der Waals surface area contributed by atoms with Crippen LogP contribution < -0.4 is 11.1 Å². The third-order valence-corrected chi connectivity index (χ3v) is 5.37. The Kier molecular flexibility index (Phi) is 5.52. The van der Waals surface area contributed by atoms with E-state index in [1.54, 1.807) is 23.7 Å². The number of nitrogens with two attached hydrogens (primary N) is 1. The normalized spacial score (nSPS) is 13.7. The highest BCUT2D eigenvalue weighted by Gasteiger charge is 2.50. The molecule has 0 aliphatic heterocycles. The molecule has 4 N–H and O–H groups in total. The molecule has 4 heterocycles. The first-order valence-corrected chi connectivity index (χ1v) is 10.1. The molecular formula is C21H21F3N8O2. The lowest BCUT2D eigenvalue weighted by Gasteiger charge is -2.25. The van der Waals surface area contributed by atoms with Crippen LogP contribution in [-0.4, -0.2) is 52.2 Å². The van der Waals surface area contributed by atoms with Crippen LogP contribution in [0.1, 0.15) is 28.5 Å². The number of hydrogen-bond donors (Lipinski definition) is 3. The van der Waals surface area contributed by atoms with Gasteiger partial charge in [-0.3, -0.25) is 14.5 Å². The summed E-state index contributed by atoms with van der Waals surface area (Å²) in [6.07, 6.45) is 0.495. The number of nitrogens with zero attached hydrogens (tertiary/aromatic N) is 6. The first-order valence-electron chi connectivity index (χ1n) is 10.1. The lowest BCUT2D eigenvalue weighted by molar-refractivity contribution is -0.258. The maximum Gasteiger partial charge on any atom is 0.418 e. The zero-order valence-electron chi connectivity index (χ0n) is 18.4. The fourth-order valence-electron chi connectivity index (χ4n) is 3.48. The highest BCUT2D eigenvalue weighted by molar-refractivity contribution is 6.05. The number of alkyl halides is 3. The van der Waals surface area contributed by atoms with E-state index >= 15 is 0 Å². The van der Waals surface area contributed by atoms with E-state index in [-0.39, 0.29) is 11.3 Å². The van der Waals surface area contributed by atoms with Crippen LogP contribution in [-0.2, 0) is 6.54 Å². The summed E-state index contributed by atoms with van der Waals surface area (Å²) < 4.78 is 41.3. The van der Waals surface area contributed by atoms with Crippen LogP contribution in [0.4, 0.5) is 24.7 Å². The first kappa shape index (κ1) is 23.2. The van der Waals surface area contributed by atoms with Crippen LogP contribution in [0.2, 0.25) is 0 Å². The molecule has 1 atom stereocenters. The number of hydrogen-bond acceptors (Lipinski definition) is 7. The predicted molar refractivity (Wildman–Crippen MR) is 117 cm³/mol. The molecule has 4 aromatic heterocycles. The van der Waals surface area contributed by atoms with Crippen molar-refractivity contribution < 1.29 is 23.1 Å². The summed E-state index contributed by atoms with van der Waals surface area (Å²) in [5.41, 5.74) is 6.61. The van der Waals surface area contributed by atoms with Gasteiger partial charge in [0, 0.05) is 18.0 Å². The van der Waals surface area contributed by atoms with Crippen molar-refractivity contribution in [3.05, 3.63) is 53.9 Å². The molecule has 1 unspecified atom stereocenters. The van der Waals surface area contributed by atoms with Gasteiger partial charge in [0.1, 0.15) is 11.8 Å². The number of aromatic nitrogens is 6. The Morgan fingerprint density at radius 2 is 1.91 bits per heavy atom. The van der Waals surface area contributed by atoms with Gasteiger partial charge < -0.3 is 16.2 Å². The van der Waals surface area contributed by atoms with Gasteiger partial charge >= 0.3 is 6.18 Å². The Morgan fingerprint density at radius 1 is 1.18 bits per heavy atom. The van der Waals surface area contributed by atoms with Crippen molar-refractivity contribution in [2.45, 2.75) is 39.1 Å². The zero-order chi connectivity index (χ0) is 24.8. The van der Waals surface area contributed by atoms with Gasteiger partial charge in [-0.2, -0.15) is 23.4 Å². The average molecular weight is 474 g/mol. The number of nitrogen functional groups attached to an aromatic ring is 1. The Balaban J connectivity index is 1.60. The second-order valence-electron chi connectivity index (χ2n) is 8.13. The smallest absolute Gasteiger partial charge is 0.382 e. The Hall–Kier alpha value is -4.00. The van der Waals surface area contributed by atoms with Gasteiger partial charge in [0.2, 0.25) is 0 Å². The number of fused-ring (bicyclic) bond motifs is 1. The minimum atomic E-state index is -4.83. The molecule has 178 valence electrons. The summed E-state index contributed by atoms with van der Waals surface area (Å²) in [7, 11) is 0. The Bertz CT molecular complexity index is 1390. The second-order valence-corrected chi connectivity index (χ2v) is 8.13. The quantitative estimate of drug-likeness (QED) is 0.405. The highest BCUT2D eigenvalue weighted by atomic mass is 19.4. The van der Waals surface area contributed by atoms with Crippen molar-refractivity contribution in [1.82, 2.24) is 29.4 Å². The lowest BCUT2D eigenvalue weighted by Crippen LogP contribution is -2.45. The van der Waals surface area contributed by atoms with Gasteiger partial charge in [-0.05, 0) is 38.5 Å². The number of carbonyl (C=O) groups excluding carboxylic acids is 1. The van der Waals surface area contributed by atoms with E-state index in [4.69, 9.17) is 5.73 Å². The van der Waals surface area contributed by atoms with E-state index in [0.29, 0.717) is 35.2 Å². The number of carbonyl (C=O) groups is 1. The average Bonchev–Trinajstić information content (AvgIpc) is 3.31. The second kappa shape index (κ2) is 8.09. The van der Waals surface area contributed by atoms with Crippen LogP contribution in [0.15, 0.2) is 37.1 Å². The molecule has 0 saturated carbocycles. The van der Waals surface area contributed by atoms with Gasteiger partial charge in [-0.15, -0.1) is 0 Å². The molecule has 34 heavy (non-hydrogen) atoms. The molecule has 0 fully saturated rings. The minimum Gasteiger partial charge on any atom is -0.382 e. The number of pyridine rings is 1. The maximum atomic E-state index is 12.9. The van der Waals surface area contributed by atoms with Crippen molar-refractivity contribution in [2.75, 3.05) is 11.1 Å². The lowest BCUT2D eigenvalue weighted by atomic mass is 10.1. The summed E-state index contributed by atoms with van der Waals surface area (Å²) in [6.45, 7) is 3.35. The van der Waals surface area contributed by atoms with E-state index in [2.05, 4.69) is 25.5 Å². The number of nitrogens with one attached hydrogen (secondary N) is 1. The van der Waals surface area contributed by atoms with E-state index in [1.165, 1.54) is 18.7 Å². The van der Waals surface area contributed by atoms with Crippen LogP contribution in [0, 0.1) is 13.8 Å². The van der Waals surface area contributed by atoms with E-state index < -0.39 is 24.2 Å².